The van der Waals surface area contributed by atoms with E-state index in [9.17, 15) is 9.18 Å². The number of anilines is 2. The van der Waals surface area contributed by atoms with Crippen molar-refractivity contribution in [2.24, 2.45) is 5.41 Å². The summed E-state index contributed by atoms with van der Waals surface area (Å²) >= 11 is 3.15. The van der Waals surface area contributed by atoms with E-state index in [1.54, 1.807) is 6.07 Å². The van der Waals surface area contributed by atoms with Crippen LogP contribution in [0.4, 0.5) is 15.8 Å². The largest absolute Gasteiger partial charge is 0.382 e. The number of halogens is 2. The van der Waals surface area contributed by atoms with Crippen LogP contribution in [-0.2, 0) is 9.53 Å². The zero-order valence-corrected chi connectivity index (χ0v) is 11.8. The molecular formula is C13H14BrFN2O2. The molecule has 1 spiro atoms. The van der Waals surface area contributed by atoms with Gasteiger partial charge < -0.3 is 15.4 Å². The van der Waals surface area contributed by atoms with Crippen molar-refractivity contribution in [2.75, 3.05) is 30.4 Å². The van der Waals surface area contributed by atoms with Gasteiger partial charge in [0.1, 0.15) is 5.82 Å². The first-order valence-corrected chi connectivity index (χ1v) is 7.02. The lowest BCUT2D eigenvalue weighted by Crippen LogP contribution is -2.44. The van der Waals surface area contributed by atoms with Crippen molar-refractivity contribution in [1.29, 1.82) is 0 Å². The molecule has 0 bridgehead atoms. The molecule has 0 aromatic heterocycles. The van der Waals surface area contributed by atoms with Gasteiger partial charge in [-0.15, -0.1) is 0 Å². The third-order valence-electron chi connectivity index (χ3n) is 3.86. The van der Waals surface area contributed by atoms with E-state index in [1.807, 2.05) is 0 Å². The molecule has 0 atom stereocenters. The minimum atomic E-state index is -0.458. The van der Waals surface area contributed by atoms with Gasteiger partial charge in [0.05, 0.1) is 21.3 Å². The van der Waals surface area contributed by atoms with Gasteiger partial charge >= 0.3 is 0 Å². The maximum atomic E-state index is 13.6. The second kappa shape index (κ2) is 4.76. The summed E-state index contributed by atoms with van der Waals surface area (Å²) in [4.78, 5) is 12.4. The summed E-state index contributed by atoms with van der Waals surface area (Å²) in [5, 5.41) is 6.08. The molecule has 102 valence electrons. The Labute approximate surface area is 118 Å². The van der Waals surface area contributed by atoms with E-state index in [0.717, 1.165) is 5.69 Å². The molecule has 3 rings (SSSR count). The number of hydrogen-bond donors (Lipinski definition) is 2. The van der Waals surface area contributed by atoms with Crippen LogP contribution in [0.1, 0.15) is 12.8 Å². The van der Waals surface area contributed by atoms with Gasteiger partial charge in [-0.1, -0.05) is 0 Å². The van der Waals surface area contributed by atoms with Crippen LogP contribution in [0.25, 0.3) is 0 Å². The van der Waals surface area contributed by atoms with Crippen LogP contribution in [0.15, 0.2) is 16.6 Å². The number of benzene rings is 1. The molecule has 0 saturated carbocycles. The lowest BCUT2D eigenvalue weighted by atomic mass is 9.79. The summed E-state index contributed by atoms with van der Waals surface area (Å²) in [5.41, 5.74) is 0.777. The molecule has 0 aliphatic carbocycles. The van der Waals surface area contributed by atoms with Crippen molar-refractivity contribution in [3.8, 4) is 0 Å². The summed E-state index contributed by atoms with van der Waals surface area (Å²) < 4.78 is 19.3. The van der Waals surface area contributed by atoms with E-state index in [4.69, 9.17) is 4.74 Å². The Kier molecular flexibility index (Phi) is 3.22. The number of carbonyl (C=O) groups excluding carboxylic acids is 1. The average Bonchev–Trinajstić information content (AvgIpc) is 2.52. The maximum Gasteiger partial charge on any atom is 0.232 e. The highest BCUT2D eigenvalue weighted by molar-refractivity contribution is 9.10. The van der Waals surface area contributed by atoms with Crippen molar-refractivity contribution in [2.45, 2.75) is 12.8 Å². The second-order valence-electron chi connectivity index (χ2n) is 5.01. The van der Waals surface area contributed by atoms with Crippen molar-refractivity contribution in [3.63, 3.8) is 0 Å². The highest BCUT2D eigenvalue weighted by Gasteiger charge is 2.41. The topological polar surface area (TPSA) is 50.4 Å². The number of rotatable bonds is 0. The second-order valence-corrected chi connectivity index (χ2v) is 5.87. The Bertz CT molecular complexity index is 530. The predicted octanol–water partition coefficient (Wildman–Crippen LogP) is 2.75. The molecular weight excluding hydrogens is 315 g/mol. The van der Waals surface area contributed by atoms with Gasteiger partial charge in [-0.25, -0.2) is 4.39 Å². The summed E-state index contributed by atoms with van der Waals surface area (Å²) in [6.45, 7) is 1.72. The van der Waals surface area contributed by atoms with Gasteiger partial charge in [0.15, 0.2) is 0 Å². The Balaban J connectivity index is 1.95. The number of amides is 1. The van der Waals surface area contributed by atoms with Crippen molar-refractivity contribution in [3.05, 3.63) is 22.4 Å². The van der Waals surface area contributed by atoms with Gasteiger partial charge in [0.2, 0.25) is 5.91 Å². The fourth-order valence-corrected chi connectivity index (χ4v) is 2.91. The zero-order chi connectivity index (χ0) is 13.5. The summed E-state index contributed by atoms with van der Waals surface area (Å²) in [7, 11) is 0. The quantitative estimate of drug-likeness (QED) is 0.770. The Morgan fingerprint density at radius 2 is 2.00 bits per heavy atom. The van der Waals surface area contributed by atoms with Gasteiger partial charge in [0.25, 0.3) is 0 Å². The average molecular weight is 329 g/mol. The van der Waals surface area contributed by atoms with Crippen molar-refractivity contribution in [1.82, 2.24) is 0 Å². The van der Waals surface area contributed by atoms with Gasteiger partial charge in [-0.05, 0) is 34.8 Å². The molecule has 1 saturated heterocycles. The molecule has 19 heavy (non-hydrogen) atoms. The number of carbonyl (C=O) groups is 1. The van der Waals surface area contributed by atoms with Crippen molar-refractivity contribution >= 4 is 33.2 Å². The van der Waals surface area contributed by atoms with E-state index in [0.29, 0.717) is 42.8 Å². The third kappa shape index (κ3) is 2.23. The predicted molar refractivity (Wildman–Crippen MR) is 73.7 cm³/mol. The first-order chi connectivity index (χ1) is 9.11. The monoisotopic (exact) mass is 328 g/mol. The minimum absolute atomic E-state index is 0.0521. The van der Waals surface area contributed by atoms with Crippen molar-refractivity contribution < 1.29 is 13.9 Å². The zero-order valence-electron chi connectivity index (χ0n) is 10.3. The molecule has 4 nitrogen and oxygen atoms in total. The van der Waals surface area contributed by atoms with Crippen LogP contribution in [0, 0.1) is 11.2 Å². The number of nitrogens with one attached hydrogen (secondary N) is 2. The molecule has 2 aliphatic rings. The SMILES string of the molecule is O=C1Nc2cc(F)c(Br)cc2NCC12CCOCC2. The Hall–Kier alpha value is -1.14. The molecule has 2 heterocycles. The molecule has 1 fully saturated rings. The number of ether oxygens (including phenoxy) is 1. The van der Waals surface area contributed by atoms with E-state index < -0.39 is 5.41 Å². The van der Waals surface area contributed by atoms with E-state index in [2.05, 4.69) is 26.6 Å². The molecule has 2 aliphatic heterocycles. The highest BCUT2D eigenvalue weighted by atomic mass is 79.9. The third-order valence-corrected chi connectivity index (χ3v) is 4.47. The smallest absolute Gasteiger partial charge is 0.232 e. The Morgan fingerprint density at radius 1 is 1.26 bits per heavy atom. The van der Waals surface area contributed by atoms with Gasteiger partial charge in [-0.3, -0.25) is 4.79 Å². The highest BCUT2D eigenvalue weighted by Crippen LogP contribution is 2.38. The molecule has 0 unspecified atom stereocenters. The van der Waals surface area contributed by atoms with Crippen LogP contribution in [0.5, 0.6) is 0 Å². The first-order valence-electron chi connectivity index (χ1n) is 6.23. The molecule has 1 aromatic rings. The van der Waals surface area contributed by atoms with E-state index >= 15 is 0 Å². The van der Waals surface area contributed by atoms with E-state index in [1.165, 1.54) is 6.07 Å². The molecule has 1 amide bonds. The summed E-state index contributed by atoms with van der Waals surface area (Å²) in [6.07, 6.45) is 1.37. The molecule has 2 N–H and O–H groups in total. The van der Waals surface area contributed by atoms with Crippen LogP contribution in [0.2, 0.25) is 0 Å². The molecule has 6 heteroatoms. The van der Waals surface area contributed by atoms with Gasteiger partial charge in [-0.2, -0.15) is 0 Å². The van der Waals surface area contributed by atoms with Crippen LogP contribution >= 0.6 is 15.9 Å². The molecule has 0 radical (unpaired) electrons. The minimum Gasteiger partial charge on any atom is -0.382 e. The maximum absolute atomic E-state index is 13.6. The normalized spacial score (nSPS) is 21.3. The first kappa shape index (κ1) is 12.9. The summed E-state index contributed by atoms with van der Waals surface area (Å²) in [6, 6.07) is 2.99. The van der Waals surface area contributed by atoms with Crippen LogP contribution in [-0.4, -0.2) is 25.7 Å². The summed E-state index contributed by atoms with van der Waals surface area (Å²) in [5.74, 6) is -0.437. The fraction of sp³-hybridized carbons (Fsp3) is 0.462. The molecule has 1 aromatic carbocycles. The number of hydrogen-bond acceptors (Lipinski definition) is 3. The Morgan fingerprint density at radius 3 is 2.74 bits per heavy atom. The lowest BCUT2D eigenvalue weighted by Gasteiger charge is -2.34. The van der Waals surface area contributed by atoms with Crippen LogP contribution in [0.3, 0.4) is 0 Å². The standard InChI is InChI=1S/C13H14BrFN2O2/c14-8-5-10-11(6-9(8)15)17-12(18)13(7-16-10)1-3-19-4-2-13/h5-6,16H,1-4,7H2,(H,17,18). The number of fused-ring (bicyclic) bond motifs is 1. The van der Waals surface area contributed by atoms with Gasteiger partial charge in [0, 0.05) is 25.8 Å². The van der Waals surface area contributed by atoms with E-state index in [-0.39, 0.29) is 11.7 Å². The fourth-order valence-electron chi connectivity index (χ4n) is 2.56. The van der Waals surface area contributed by atoms with Crippen LogP contribution < -0.4 is 10.6 Å². The lowest BCUT2D eigenvalue weighted by molar-refractivity contribution is -0.129.